The van der Waals surface area contributed by atoms with Crippen molar-refractivity contribution in [1.82, 2.24) is 0 Å². The second-order valence-electron chi connectivity index (χ2n) is 10.7. The molecule has 2 aliphatic heterocycles. The van der Waals surface area contributed by atoms with E-state index in [2.05, 4.69) is 116 Å². The van der Waals surface area contributed by atoms with Gasteiger partial charge in [0.2, 0.25) is 0 Å². The van der Waals surface area contributed by atoms with Gasteiger partial charge in [0.25, 0.3) is 0 Å². The molecule has 0 radical (unpaired) electrons. The van der Waals surface area contributed by atoms with E-state index < -0.39 is 5.41 Å². The van der Waals surface area contributed by atoms with E-state index in [1.807, 2.05) is 3.93 Å². The van der Waals surface area contributed by atoms with Crippen LogP contribution in [0.15, 0.2) is 66.9 Å². The normalized spacial score (nSPS) is 20.1. The average molecular weight is 532 g/mol. The third kappa shape index (κ3) is 5.24. The molecule has 3 heteroatoms. The number of rotatable bonds is 7. The average Bonchev–Trinajstić information content (AvgIpc) is 3.45. The lowest BCUT2D eigenvalue weighted by Crippen LogP contribution is -2.26. The largest absolute Gasteiger partial charge is 0.371 e. The molecule has 35 heavy (non-hydrogen) atoms. The van der Waals surface area contributed by atoms with Gasteiger partial charge in [0, 0.05) is 42.4 Å². The first kappa shape index (κ1) is 25.6. The fourth-order valence-electron chi connectivity index (χ4n) is 5.37. The summed E-state index contributed by atoms with van der Waals surface area (Å²) in [6, 6.07) is 15.6. The highest BCUT2D eigenvalue weighted by atomic mass is 79.9. The SMILES string of the molecule is C=C(CCC#CC1(C)C(=C)N(Br)c2cccc(N3CCCC3)c21)C(C)c1ccc(CC(C)C)cc1. The van der Waals surface area contributed by atoms with E-state index in [9.17, 15) is 0 Å². The monoisotopic (exact) mass is 530 g/mol. The van der Waals surface area contributed by atoms with Crippen molar-refractivity contribution in [3.63, 3.8) is 0 Å². The number of nitrogens with zero attached hydrogens (tertiary/aromatic N) is 2. The number of hydrogen-bond donors (Lipinski definition) is 0. The van der Waals surface area contributed by atoms with E-state index in [1.54, 1.807) is 0 Å². The lowest BCUT2D eigenvalue weighted by atomic mass is 9.81. The fourth-order valence-corrected chi connectivity index (χ4v) is 6.02. The van der Waals surface area contributed by atoms with Gasteiger partial charge in [0.1, 0.15) is 0 Å². The van der Waals surface area contributed by atoms with E-state index in [1.165, 1.54) is 40.8 Å². The molecule has 0 N–H and O–H groups in total. The predicted molar refractivity (Wildman–Crippen MR) is 155 cm³/mol. The lowest BCUT2D eigenvalue weighted by Gasteiger charge is -2.27. The molecule has 1 fully saturated rings. The molecule has 1 saturated heterocycles. The zero-order chi connectivity index (χ0) is 25.2. The maximum absolute atomic E-state index is 4.42. The van der Waals surface area contributed by atoms with Gasteiger partial charge in [-0.05, 0) is 61.8 Å². The summed E-state index contributed by atoms with van der Waals surface area (Å²) >= 11 is 3.75. The topological polar surface area (TPSA) is 6.48 Å². The second-order valence-corrected chi connectivity index (χ2v) is 11.4. The van der Waals surface area contributed by atoms with Crippen molar-refractivity contribution in [3.05, 3.63) is 83.6 Å². The third-order valence-corrected chi connectivity index (χ3v) is 8.45. The van der Waals surface area contributed by atoms with Gasteiger partial charge in [0.05, 0.1) is 27.2 Å². The highest BCUT2D eigenvalue weighted by Crippen LogP contribution is 2.52. The Morgan fingerprint density at radius 2 is 1.71 bits per heavy atom. The van der Waals surface area contributed by atoms with Crippen LogP contribution in [-0.4, -0.2) is 13.1 Å². The molecule has 0 bridgehead atoms. The standard InChI is InChI=1S/C32H39BrN2/c1-23(2)22-27-15-17-28(18-16-27)25(4)24(3)12-7-8-19-32(6)26(5)35(33)30-14-11-13-29(31(30)32)34-20-9-10-21-34/h11,13-18,23,25H,3,5,7,9-10,12,20-22H2,1-2,4,6H3. The number of halogens is 1. The summed E-state index contributed by atoms with van der Waals surface area (Å²) in [5.74, 6) is 8.15. The van der Waals surface area contributed by atoms with Crippen LogP contribution in [0, 0.1) is 17.8 Å². The molecular formula is C32H39BrN2. The third-order valence-electron chi connectivity index (χ3n) is 7.64. The van der Waals surface area contributed by atoms with Gasteiger partial charge < -0.3 is 4.90 Å². The minimum absolute atomic E-state index is 0.336. The minimum atomic E-state index is -0.406. The van der Waals surface area contributed by atoms with Crippen LogP contribution < -0.4 is 8.83 Å². The van der Waals surface area contributed by atoms with Crippen molar-refractivity contribution in [3.8, 4) is 11.8 Å². The van der Waals surface area contributed by atoms with Crippen molar-refractivity contribution in [1.29, 1.82) is 0 Å². The molecule has 0 amide bonds. The summed E-state index contributed by atoms with van der Waals surface area (Å²) in [4.78, 5) is 2.51. The number of hydrogen-bond acceptors (Lipinski definition) is 2. The summed E-state index contributed by atoms with van der Waals surface area (Å²) in [6.07, 6.45) is 5.35. The molecule has 184 valence electrons. The molecule has 2 unspecified atom stereocenters. The van der Waals surface area contributed by atoms with Crippen molar-refractivity contribution >= 4 is 27.5 Å². The Bertz CT molecular complexity index is 1140. The van der Waals surface area contributed by atoms with Crippen molar-refractivity contribution in [2.45, 2.75) is 71.1 Å². The van der Waals surface area contributed by atoms with Crippen LogP contribution in [0.4, 0.5) is 11.4 Å². The molecule has 0 saturated carbocycles. The Morgan fingerprint density at radius 3 is 2.37 bits per heavy atom. The molecule has 2 aromatic carbocycles. The Kier molecular flexibility index (Phi) is 7.82. The molecule has 2 nitrogen and oxygen atoms in total. The summed E-state index contributed by atoms with van der Waals surface area (Å²) in [5, 5.41) is 0. The molecule has 2 heterocycles. The summed E-state index contributed by atoms with van der Waals surface area (Å²) < 4.78 is 2.04. The van der Waals surface area contributed by atoms with Gasteiger partial charge in [-0.1, -0.05) is 75.8 Å². The van der Waals surface area contributed by atoms with E-state index in [-0.39, 0.29) is 0 Å². The van der Waals surface area contributed by atoms with Crippen LogP contribution in [0.2, 0.25) is 0 Å². The van der Waals surface area contributed by atoms with Crippen LogP contribution in [0.1, 0.15) is 76.0 Å². The summed E-state index contributed by atoms with van der Waals surface area (Å²) in [7, 11) is 0. The predicted octanol–water partition coefficient (Wildman–Crippen LogP) is 8.53. The number of benzene rings is 2. The zero-order valence-electron chi connectivity index (χ0n) is 21.8. The maximum Gasteiger partial charge on any atom is 0.0978 e. The quantitative estimate of drug-likeness (QED) is 0.201. The molecule has 0 aromatic heterocycles. The van der Waals surface area contributed by atoms with Gasteiger partial charge >= 0.3 is 0 Å². The lowest BCUT2D eigenvalue weighted by molar-refractivity contribution is 0.647. The molecule has 4 rings (SSSR count). The first-order valence-electron chi connectivity index (χ1n) is 13.0. The van der Waals surface area contributed by atoms with E-state index in [0.717, 1.165) is 43.7 Å². The minimum Gasteiger partial charge on any atom is -0.371 e. The van der Waals surface area contributed by atoms with Crippen LogP contribution in [0.5, 0.6) is 0 Å². The van der Waals surface area contributed by atoms with Crippen molar-refractivity contribution < 1.29 is 0 Å². The van der Waals surface area contributed by atoms with Crippen molar-refractivity contribution in [2.75, 3.05) is 21.9 Å². The molecule has 2 aromatic rings. The van der Waals surface area contributed by atoms with Crippen LogP contribution in [0.25, 0.3) is 0 Å². The first-order valence-corrected chi connectivity index (χ1v) is 13.7. The highest BCUT2D eigenvalue weighted by Gasteiger charge is 2.44. The van der Waals surface area contributed by atoms with E-state index >= 15 is 0 Å². The number of allylic oxidation sites excluding steroid dienone is 2. The Hall–Kier alpha value is -2.44. The van der Waals surface area contributed by atoms with Crippen LogP contribution >= 0.6 is 16.1 Å². The molecule has 2 aliphatic rings. The number of anilines is 2. The van der Waals surface area contributed by atoms with Gasteiger partial charge in [-0.2, -0.15) is 0 Å². The van der Waals surface area contributed by atoms with E-state index in [0.29, 0.717) is 11.8 Å². The van der Waals surface area contributed by atoms with Gasteiger partial charge in [0.15, 0.2) is 0 Å². The Labute approximate surface area is 221 Å². The van der Waals surface area contributed by atoms with E-state index in [4.69, 9.17) is 0 Å². The van der Waals surface area contributed by atoms with Crippen molar-refractivity contribution in [2.24, 2.45) is 5.92 Å². The molecule has 2 atom stereocenters. The first-order chi connectivity index (χ1) is 16.7. The zero-order valence-corrected chi connectivity index (χ0v) is 23.4. The summed E-state index contributed by atoms with van der Waals surface area (Å²) in [5.41, 5.74) is 8.32. The summed E-state index contributed by atoms with van der Waals surface area (Å²) in [6.45, 7) is 20.1. The van der Waals surface area contributed by atoms with Gasteiger partial charge in [-0.25, -0.2) is 0 Å². The Morgan fingerprint density at radius 1 is 1.06 bits per heavy atom. The maximum atomic E-state index is 4.42. The smallest absolute Gasteiger partial charge is 0.0978 e. The second kappa shape index (κ2) is 10.7. The number of fused-ring (bicyclic) bond motifs is 1. The Balaban J connectivity index is 1.46. The fraction of sp³-hybridized carbons (Fsp3) is 0.438. The van der Waals surface area contributed by atoms with Crippen LogP contribution in [-0.2, 0) is 11.8 Å². The molecule has 0 aliphatic carbocycles. The van der Waals surface area contributed by atoms with Gasteiger partial charge in [-0.3, -0.25) is 3.93 Å². The highest BCUT2D eigenvalue weighted by molar-refractivity contribution is 9.10. The molecular weight excluding hydrogens is 492 g/mol. The van der Waals surface area contributed by atoms with Gasteiger partial charge in [-0.15, -0.1) is 5.92 Å². The molecule has 0 spiro atoms. The van der Waals surface area contributed by atoms with Crippen LogP contribution in [0.3, 0.4) is 0 Å².